The highest BCUT2D eigenvalue weighted by atomic mass is 79.9. The smallest absolute Gasteiger partial charge is 0.351 e. The summed E-state index contributed by atoms with van der Waals surface area (Å²) in [5.74, 6) is -0.787. The Hall–Kier alpha value is -2.25. The molecule has 0 radical (unpaired) electrons. The van der Waals surface area contributed by atoms with Gasteiger partial charge in [0.1, 0.15) is 16.9 Å². The van der Waals surface area contributed by atoms with Crippen molar-refractivity contribution < 1.29 is 19.1 Å². The molecule has 7 heteroatoms. The number of carbonyl (C=O) groups is 1. The van der Waals surface area contributed by atoms with Crippen molar-refractivity contribution in [2.75, 3.05) is 7.11 Å². The van der Waals surface area contributed by atoms with E-state index in [9.17, 15) is 14.7 Å². The summed E-state index contributed by atoms with van der Waals surface area (Å²) in [5.41, 5.74) is -0.750. The Morgan fingerprint density at radius 3 is 2.62 bits per heavy atom. The van der Waals surface area contributed by atoms with Crippen molar-refractivity contribution in [3.8, 4) is 5.75 Å². The van der Waals surface area contributed by atoms with E-state index in [0.29, 0.717) is 14.8 Å². The molecule has 1 aromatic heterocycles. The summed E-state index contributed by atoms with van der Waals surface area (Å²) in [4.78, 5) is 25.0. The molecule has 2 aromatic carbocycles. The van der Waals surface area contributed by atoms with Crippen LogP contribution in [0.1, 0.15) is 10.4 Å². The van der Waals surface area contributed by atoms with E-state index >= 15 is 0 Å². The largest absolute Gasteiger partial charge is 0.506 e. The molecule has 0 unspecified atom stereocenters. The van der Waals surface area contributed by atoms with Crippen LogP contribution in [0.25, 0.3) is 11.0 Å². The lowest BCUT2D eigenvalue weighted by Gasteiger charge is -2.10. The minimum absolute atomic E-state index is 0.000942. The van der Waals surface area contributed by atoms with E-state index in [1.54, 1.807) is 0 Å². The van der Waals surface area contributed by atoms with Crippen molar-refractivity contribution in [3.63, 3.8) is 0 Å². The van der Waals surface area contributed by atoms with Gasteiger partial charge in [-0.1, -0.05) is 30.0 Å². The monoisotopic (exact) mass is 406 g/mol. The zero-order valence-corrected chi connectivity index (χ0v) is 14.8. The highest BCUT2D eigenvalue weighted by Gasteiger charge is 2.19. The third kappa shape index (κ3) is 3.05. The average molecular weight is 407 g/mol. The molecule has 0 aliphatic carbocycles. The number of hydrogen-bond donors (Lipinski definition) is 1. The molecule has 24 heavy (non-hydrogen) atoms. The van der Waals surface area contributed by atoms with Crippen molar-refractivity contribution in [1.29, 1.82) is 0 Å². The Balaban J connectivity index is 2.27. The molecule has 0 bridgehead atoms. The number of rotatable bonds is 3. The van der Waals surface area contributed by atoms with Gasteiger partial charge in [0.25, 0.3) is 0 Å². The van der Waals surface area contributed by atoms with Crippen molar-refractivity contribution in [3.05, 3.63) is 62.9 Å². The SMILES string of the molecule is COC(=O)c1cc2c(Sc3ccccc3)c(O)c(Br)cc2oc1=O. The zero-order valence-electron chi connectivity index (χ0n) is 12.4. The lowest BCUT2D eigenvalue weighted by atomic mass is 10.2. The minimum Gasteiger partial charge on any atom is -0.506 e. The van der Waals surface area contributed by atoms with Crippen LogP contribution in [0.15, 0.2) is 65.9 Å². The van der Waals surface area contributed by atoms with E-state index in [0.717, 1.165) is 4.90 Å². The molecule has 0 aliphatic heterocycles. The summed E-state index contributed by atoms with van der Waals surface area (Å²) < 4.78 is 10.2. The maximum atomic E-state index is 11.9. The van der Waals surface area contributed by atoms with Crippen LogP contribution in [-0.2, 0) is 4.74 Å². The number of phenols is 1. The van der Waals surface area contributed by atoms with Crippen LogP contribution >= 0.6 is 27.7 Å². The molecule has 0 spiro atoms. The van der Waals surface area contributed by atoms with Gasteiger partial charge in [-0.25, -0.2) is 9.59 Å². The van der Waals surface area contributed by atoms with E-state index in [-0.39, 0.29) is 16.9 Å². The van der Waals surface area contributed by atoms with Gasteiger partial charge in [-0.3, -0.25) is 0 Å². The van der Waals surface area contributed by atoms with Gasteiger partial charge in [0.05, 0.1) is 16.5 Å². The molecule has 0 fully saturated rings. The second kappa shape index (κ2) is 6.70. The summed E-state index contributed by atoms with van der Waals surface area (Å²) in [7, 11) is 1.19. The topological polar surface area (TPSA) is 76.7 Å². The summed E-state index contributed by atoms with van der Waals surface area (Å²) in [5, 5.41) is 10.9. The van der Waals surface area contributed by atoms with E-state index in [2.05, 4.69) is 20.7 Å². The standard InChI is InChI=1S/C17H11BrO5S/c1-22-16(20)11-7-10-13(23-17(11)21)8-12(18)14(19)15(10)24-9-5-3-2-4-6-9/h2-8,19H,1H3. The maximum Gasteiger partial charge on any atom is 0.351 e. The van der Waals surface area contributed by atoms with Gasteiger partial charge >= 0.3 is 11.6 Å². The van der Waals surface area contributed by atoms with Crippen molar-refractivity contribution in [1.82, 2.24) is 0 Å². The highest BCUT2D eigenvalue weighted by molar-refractivity contribution is 9.10. The third-order valence-corrected chi connectivity index (χ3v) is 5.02. The Morgan fingerprint density at radius 2 is 1.96 bits per heavy atom. The van der Waals surface area contributed by atoms with Crippen molar-refractivity contribution in [2.45, 2.75) is 9.79 Å². The fourth-order valence-electron chi connectivity index (χ4n) is 2.15. The zero-order chi connectivity index (χ0) is 17.3. The number of fused-ring (bicyclic) bond motifs is 1. The molecule has 122 valence electrons. The van der Waals surface area contributed by atoms with Gasteiger partial charge in [-0.15, -0.1) is 0 Å². The summed E-state index contributed by atoms with van der Waals surface area (Å²) in [6.07, 6.45) is 0. The maximum absolute atomic E-state index is 11.9. The molecule has 1 heterocycles. The predicted octanol–water partition coefficient (Wildman–Crippen LogP) is 4.20. The van der Waals surface area contributed by atoms with Gasteiger partial charge < -0.3 is 14.3 Å². The molecular formula is C17H11BrO5S. The first kappa shape index (κ1) is 16.6. The van der Waals surface area contributed by atoms with Gasteiger partial charge in [0.15, 0.2) is 0 Å². The Labute approximate surface area is 149 Å². The Kier molecular flexibility index (Phi) is 4.64. The van der Waals surface area contributed by atoms with E-state index in [1.165, 1.54) is 31.0 Å². The van der Waals surface area contributed by atoms with Crippen LogP contribution in [0.3, 0.4) is 0 Å². The molecule has 0 saturated heterocycles. The third-order valence-electron chi connectivity index (χ3n) is 3.29. The van der Waals surface area contributed by atoms with Crippen LogP contribution in [0, 0.1) is 0 Å². The van der Waals surface area contributed by atoms with E-state index < -0.39 is 11.6 Å². The highest BCUT2D eigenvalue weighted by Crippen LogP contribution is 2.43. The predicted molar refractivity (Wildman–Crippen MR) is 93.8 cm³/mol. The first-order valence-electron chi connectivity index (χ1n) is 6.82. The fraction of sp³-hybridized carbons (Fsp3) is 0.0588. The van der Waals surface area contributed by atoms with Crippen LogP contribution in [0.2, 0.25) is 0 Å². The van der Waals surface area contributed by atoms with Gasteiger partial charge in [0, 0.05) is 10.3 Å². The van der Waals surface area contributed by atoms with E-state index in [1.807, 2.05) is 30.3 Å². The van der Waals surface area contributed by atoms with Crippen LogP contribution in [-0.4, -0.2) is 18.2 Å². The van der Waals surface area contributed by atoms with Gasteiger partial charge in [0.2, 0.25) is 0 Å². The molecule has 0 amide bonds. The van der Waals surface area contributed by atoms with Crippen LogP contribution in [0.4, 0.5) is 0 Å². The number of esters is 1. The van der Waals surface area contributed by atoms with Gasteiger partial charge in [-0.05, 0) is 40.2 Å². The first-order valence-corrected chi connectivity index (χ1v) is 8.42. The van der Waals surface area contributed by atoms with E-state index in [4.69, 9.17) is 4.42 Å². The lowest BCUT2D eigenvalue weighted by molar-refractivity contribution is 0.0596. The first-order chi connectivity index (χ1) is 11.5. The second-order valence-corrected chi connectivity index (χ2v) is 6.74. The summed E-state index contributed by atoms with van der Waals surface area (Å²) in [6, 6.07) is 12.3. The number of carbonyl (C=O) groups excluding carboxylic acids is 1. The summed E-state index contributed by atoms with van der Waals surface area (Å²) in [6.45, 7) is 0. The molecular weight excluding hydrogens is 396 g/mol. The molecule has 1 N–H and O–H groups in total. The molecule has 3 aromatic rings. The summed E-state index contributed by atoms with van der Waals surface area (Å²) >= 11 is 4.55. The average Bonchev–Trinajstić information content (AvgIpc) is 2.59. The minimum atomic E-state index is -0.789. The Bertz CT molecular complexity index is 982. The fourth-order valence-corrected chi connectivity index (χ4v) is 3.69. The van der Waals surface area contributed by atoms with Crippen LogP contribution in [0.5, 0.6) is 5.75 Å². The van der Waals surface area contributed by atoms with Crippen molar-refractivity contribution >= 4 is 44.6 Å². The van der Waals surface area contributed by atoms with Gasteiger partial charge in [-0.2, -0.15) is 0 Å². The van der Waals surface area contributed by atoms with Crippen molar-refractivity contribution in [2.24, 2.45) is 0 Å². The number of phenolic OH excluding ortho intramolecular Hbond substituents is 1. The number of methoxy groups -OCH3 is 1. The molecule has 5 nitrogen and oxygen atoms in total. The number of benzene rings is 2. The second-order valence-electron chi connectivity index (χ2n) is 4.80. The number of ether oxygens (including phenoxy) is 1. The molecule has 0 atom stereocenters. The lowest BCUT2D eigenvalue weighted by Crippen LogP contribution is -2.15. The Morgan fingerprint density at radius 1 is 1.25 bits per heavy atom. The molecule has 3 rings (SSSR count). The quantitative estimate of drug-likeness (QED) is 0.518. The number of halogens is 1. The normalized spacial score (nSPS) is 10.8. The number of hydrogen-bond acceptors (Lipinski definition) is 6. The molecule has 0 aliphatic rings. The number of aromatic hydroxyl groups is 1. The van der Waals surface area contributed by atoms with Crippen LogP contribution < -0.4 is 5.63 Å². The molecule has 0 saturated carbocycles.